The van der Waals surface area contributed by atoms with Gasteiger partial charge in [-0.05, 0) is 43.1 Å². The average molecular weight is 397 g/mol. The number of hydrogen-bond donors (Lipinski definition) is 1. The number of halogens is 1. The highest BCUT2D eigenvalue weighted by Crippen LogP contribution is 2.22. The van der Waals surface area contributed by atoms with E-state index < -0.39 is 0 Å². The fraction of sp³-hybridized carbons (Fsp3) is 0.600. The van der Waals surface area contributed by atoms with Crippen LogP contribution < -0.4 is 5.32 Å². The largest absolute Gasteiger partial charge is 0.353 e. The summed E-state index contributed by atoms with van der Waals surface area (Å²) in [5.74, 6) is 1.50. The molecule has 0 unspecified atom stereocenters. The van der Waals surface area contributed by atoms with Crippen molar-refractivity contribution in [2.45, 2.75) is 45.1 Å². The molecule has 0 saturated carbocycles. The van der Waals surface area contributed by atoms with Crippen LogP contribution in [0.3, 0.4) is 0 Å². The highest BCUT2D eigenvalue weighted by Gasteiger charge is 2.30. The minimum absolute atomic E-state index is 0.0653. The third-order valence-electron chi connectivity index (χ3n) is 5.06. The highest BCUT2D eigenvalue weighted by molar-refractivity contribution is 7.98. The number of nitrogens with zero attached hydrogens (tertiary/aromatic N) is 1. The van der Waals surface area contributed by atoms with Crippen LogP contribution in [-0.2, 0) is 16.0 Å². The molecule has 144 valence electrons. The molecule has 1 aliphatic rings. The zero-order chi connectivity index (χ0) is 18.9. The molecule has 0 radical (unpaired) electrons. The summed E-state index contributed by atoms with van der Waals surface area (Å²) in [4.78, 5) is 26.6. The zero-order valence-electron chi connectivity index (χ0n) is 15.7. The lowest BCUT2D eigenvalue weighted by Gasteiger charge is -2.38. The monoisotopic (exact) mass is 396 g/mol. The molecule has 1 N–H and O–H groups in total. The van der Waals surface area contributed by atoms with Gasteiger partial charge in [0.2, 0.25) is 11.8 Å². The first-order valence-electron chi connectivity index (χ1n) is 9.34. The number of carbonyl (C=O) groups is 2. The molecular formula is C20H29ClN2O2S. The van der Waals surface area contributed by atoms with Gasteiger partial charge in [0.1, 0.15) is 0 Å². The molecule has 0 spiro atoms. The van der Waals surface area contributed by atoms with Gasteiger partial charge in [0.25, 0.3) is 0 Å². The molecule has 26 heavy (non-hydrogen) atoms. The Bertz CT molecular complexity index is 611. The van der Waals surface area contributed by atoms with Crippen molar-refractivity contribution in [3.8, 4) is 0 Å². The van der Waals surface area contributed by atoms with Gasteiger partial charge in [0.15, 0.2) is 0 Å². The Kier molecular flexibility index (Phi) is 8.79. The van der Waals surface area contributed by atoms with Crippen LogP contribution in [0.1, 0.15) is 38.2 Å². The normalized spacial score (nSPS) is 20.0. The second-order valence-corrected chi connectivity index (χ2v) is 8.20. The van der Waals surface area contributed by atoms with Crippen molar-refractivity contribution in [1.82, 2.24) is 10.2 Å². The van der Waals surface area contributed by atoms with Gasteiger partial charge >= 0.3 is 0 Å². The lowest BCUT2D eigenvalue weighted by molar-refractivity contribution is -0.133. The van der Waals surface area contributed by atoms with Gasteiger partial charge in [0, 0.05) is 42.7 Å². The van der Waals surface area contributed by atoms with Crippen molar-refractivity contribution in [3.05, 3.63) is 34.9 Å². The van der Waals surface area contributed by atoms with Crippen LogP contribution in [0.25, 0.3) is 0 Å². The Labute approximate surface area is 166 Å². The first-order chi connectivity index (χ1) is 12.5. The van der Waals surface area contributed by atoms with Gasteiger partial charge in [0.05, 0.1) is 0 Å². The molecule has 4 nitrogen and oxygen atoms in total. The molecule has 6 heteroatoms. The standard InChI is InChI=1S/C20H29ClN2O2S/c1-3-15-14-23(20(25)11-13-26-2)12-10-18(15)22-19(24)9-8-16-6-4-5-7-17(16)21/h4-7,15,18H,3,8-14H2,1-2H3,(H,22,24)/t15-,18+/m1/s1. The summed E-state index contributed by atoms with van der Waals surface area (Å²) in [6.45, 7) is 3.61. The quantitative estimate of drug-likeness (QED) is 0.727. The molecular weight excluding hydrogens is 368 g/mol. The van der Waals surface area contributed by atoms with Gasteiger partial charge in [-0.15, -0.1) is 0 Å². The van der Waals surface area contributed by atoms with Crippen LogP contribution in [0.4, 0.5) is 0 Å². The Morgan fingerprint density at radius 1 is 1.31 bits per heavy atom. The topological polar surface area (TPSA) is 49.4 Å². The highest BCUT2D eigenvalue weighted by atomic mass is 35.5. The van der Waals surface area contributed by atoms with Crippen molar-refractivity contribution in [2.24, 2.45) is 5.92 Å². The van der Waals surface area contributed by atoms with Crippen LogP contribution in [0.5, 0.6) is 0 Å². The van der Waals surface area contributed by atoms with E-state index in [0.29, 0.717) is 30.2 Å². The molecule has 0 aromatic heterocycles. The summed E-state index contributed by atoms with van der Waals surface area (Å²) in [5.41, 5.74) is 1.01. The van der Waals surface area contributed by atoms with Crippen molar-refractivity contribution in [3.63, 3.8) is 0 Å². The van der Waals surface area contributed by atoms with Crippen LogP contribution in [0, 0.1) is 5.92 Å². The Hall–Kier alpha value is -1.20. The molecule has 1 saturated heterocycles. The Morgan fingerprint density at radius 3 is 2.77 bits per heavy atom. The van der Waals surface area contributed by atoms with E-state index in [9.17, 15) is 9.59 Å². The number of hydrogen-bond acceptors (Lipinski definition) is 3. The molecule has 1 fully saturated rings. The molecule has 0 aliphatic carbocycles. The van der Waals surface area contributed by atoms with E-state index in [-0.39, 0.29) is 17.9 Å². The SMILES string of the molecule is CC[C@@H]1CN(C(=O)CCSC)CC[C@@H]1NC(=O)CCc1ccccc1Cl. The number of nitrogens with one attached hydrogen (secondary N) is 1. The summed E-state index contributed by atoms with van der Waals surface area (Å²) >= 11 is 7.86. The Balaban J connectivity index is 1.82. The summed E-state index contributed by atoms with van der Waals surface area (Å²) in [5, 5.41) is 3.90. The molecule has 2 rings (SSSR count). The second-order valence-electron chi connectivity index (χ2n) is 6.80. The number of piperidine rings is 1. The fourth-order valence-corrected chi connectivity index (χ4v) is 4.05. The lowest BCUT2D eigenvalue weighted by Crippen LogP contribution is -2.52. The second kappa shape index (κ2) is 10.8. The number of thioether (sulfide) groups is 1. The van der Waals surface area contributed by atoms with E-state index in [4.69, 9.17) is 11.6 Å². The third-order valence-corrected chi connectivity index (χ3v) is 6.04. The molecule has 2 atom stereocenters. The molecule has 1 heterocycles. The maximum Gasteiger partial charge on any atom is 0.223 e. The minimum atomic E-state index is 0.0653. The van der Waals surface area contributed by atoms with Gasteiger partial charge in [-0.2, -0.15) is 11.8 Å². The number of likely N-dealkylation sites (tertiary alicyclic amines) is 1. The number of carbonyl (C=O) groups excluding carboxylic acids is 2. The van der Waals surface area contributed by atoms with Crippen LogP contribution in [0.15, 0.2) is 24.3 Å². The predicted molar refractivity (Wildman–Crippen MR) is 110 cm³/mol. The summed E-state index contributed by atoms with van der Waals surface area (Å²) < 4.78 is 0. The molecule has 1 aromatic rings. The van der Waals surface area contributed by atoms with Crippen molar-refractivity contribution in [1.29, 1.82) is 0 Å². The van der Waals surface area contributed by atoms with Crippen molar-refractivity contribution < 1.29 is 9.59 Å². The van der Waals surface area contributed by atoms with Crippen LogP contribution in [0.2, 0.25) is 5.02 Å². The van der Waals surface area contributed by atoms with Crippen LogP contribution >= 0.6 is 23.4 Å². The third kappa shape index (κ3) is 6.20. The predicted octanol–water partition coefficient (Wildman–Crippen LogP) is 3.77. The van der Waals surface area contributed by atoms with E-state index in [1.165, 1.54) is 0 Å². The first kappa shape index (κ1) is 21.1. The van der Waals surface area contributed by atoms with E-state index >= 15 is 0 Å². The lowest BCUT2D eigenvalue weighted by atomic mass is 9.89. The number of aryl methyl sites for hydroxylation is 1. The number of benzene rings is 1. The maximum atomic E-state index is 12.4. The fourth-order valence-electron chi connectivity index (χ4n) is 3.44. The molecule has 0 bridgehead atoms. The van der Waals surface area contributed by atoms with Crippen molar-refractivity contribution in [2.75, 3.05) is 25.1 Å². The van der Waals surface area contributed by atoms with E-state index in [0.717, 1.165) is 37.2 Å². The maximum absolute atomic E-state index is 12.4. The molecule has 2 amide bonds. The van der Waals surface area contributed by atoms with Gasteiger partial charge in [-0.3, -0.25) is 9.59 Å². The summed E-state index contributed by atoms with van der Waals surface area (Å²) in [6, 6.07) is 7.81. The van der Waals surface area contributed by atoms with Crippen LogP contribution in [-0.4, -0.2) is 47.9 Å². The van der Waals surface area contributed by atoms with E-state index in [1.807, 2.05) is 35.4 Å². The molecule has 1 aromatic carbocycles. The average Bonchev–Trinajstić information content (AvgIpc) is 2.65. The number of rotatable bonds is 8. The van der Waals surface area contributed by atoms with E-state index in [1.54, 1.807) is 11.8 Å². The van der Waals surface area contributed by atoms with Crippen molar-refractivity contribution >= 4 is 35.2 Å². The smallest absolute Gasteiger partial charge is 0.223 e. The summed E-state index contributed by atoms with van der Waals surface area (Å²) in [6.07, 6.45) is 5.50. The van der Waals surface area contributed by atoms with Gasteiger partial charge in [-0.1, -0.05) is 36.7 Å². The molecule has 1 aliphatic heterocycles. The Morgan fingerprint density at radius 2 is 2.08 bits per heavy atom. The van der Waals surface area contributed by atoms with E-state index in [2.05, 4.69) is 12.2 Å². The summed E-state index contributed by atoms with van der Waals surface area (Å²) in [7, 11) is 0. The van der Waals surface area contributed by atoms with Gasteiger partial charge in [-0.25, -0.2) is 0 Å². The minimum Gasteiger partial charge on any atom is -0.353 e. The first-order valence-corrected chi connectivity index (χ1v) is 11.1. The number of amides is 2. The van der Waals surface area contributed by atoms with Gasteiger partial charge < -0.3 is 10.2 Å². The zero-order valence-corrected chi connectivity index (χ0v) is 17.2.